The van der Waals surface area contributed by atoms with E-state index in [4.69, 9.17) is 15.2 Å². The summed E-state index contributed by atoms with van der Waals surface area (Å²) < 4.78 is 12.3. The van der Waals surface area contributed by atoms with Crippen LogP contribution in [0.4, 0.5) is 0 Å². The number of nitrogens with two attached hydrogens (primary N) is 1. The molecule has 0 saturated carbocycles. The Morgan fingerprint density at radius 3 is 1.16 bits per heavy atom. The van der Waals surface area contributed by atoms with Gasteiger partial charge in [0.15, 0.2) is 0 Å². The maximum absolute atomic E-state index is 12.5. The van der Waals surface area contributed by atoms with Gasteiger partial charge in [0.1, 0.15) is 11.5 Å². The van der Waals surface area contributed by atoms with Crippen molar-refractivity contribution in [3.63, 3.8) is 0 Å². The summed E-state index contributed by atoms with van der Waals surface area (Å²) in [6.45, 7) is 33.1. The van der Waals surface area contributed by atoms with Gasteiger partial charge in [-0.3, -0.25) is 14.5 Å². The summed E-state index contributed by atoms with van der Waals surface area (Å²) >= 11 is 0. The molecule has 2 amide bonds. The fourth-order valence-electron chi connectivity index (χ4n) is 11.8. The van der Waals surface area contributed by atoms with E-state index < -0.39 is 0 Å². The lowest BCUT2D eigenvalue weighted by Crippen LogP contribution is -2.30. The lowest BCUT2D eigenvalue weighted by molar-refractivity contribution is 0.0559. The maximum atomic E-state index is 12.5. The summed E-state index contributed by atoms with van der Waals surface area (Å²) in [6, 6.07) is 34.4. The number of carbonyl (C=O) groups excluding carboxylic acids is 2. The maximum Gasteiger partial charge on any atom is 0.261 e. The van der Waals surface area contributed by atoms with Gasteiger partial charge in [0.05, 0.1) is 36.5 Å². The second-order valence-corrected chi connectivity index (χ2v) is 25.3. The number of nitrogens with zero attached hydrogens (tertiary/aromatic N) is 1. The largest absolute Gasteiger partial charge is 0.493 e. The third kappa shape index (κ3) is 16.7. The first-order valence-corrected chi connectivity index (χ1v) is 30.7. The Morgan fingerprint density at radius 1 is 0.475 bits per heavy atom. The average molecular weight is 1090 g/mol. The predicted octanol–water partition coefficient (Wildman–Crippen LogP) is 16.6. The van der Waals surface area contributed by atoms with Crippen LogP contribution in [0, 0.1) is 38.5 Å². The highest BCUT2D eigenvalue weighted by molar-refractivity contribution is 6.21. The smallest absolute Gasteiger partial charge is 0.261 e. The Morgan fingerprint density at radius 2 is 0.825 bits per heavy atom. The summed E-state index contributed by atoms with van der Waals surface area (Å²) in [6.07, 6.45) is 15.0. The molecule has 5 aromatic carbocycles. The van der Waals surface area contributed by atoms with Gasteiger partial charge in [-0.1, -0.05) is 168 Å². The molecule has 2 unspecified atom stereocenters. The summed E-state index contributed by atoms with van der Waals surface area (Å²) in [5.41, 5.74) is 19.4. The molecule has 0 fully saturated rings. The van der Waals surface area contributed by atoms with E-state index in [2.05, 4.69) is 170 Å². The van der Waals surface area contributed by atoms with Gasteiger partial charge in [0.2, 0.25) is 0 Å². The Kier molecular flexibility index (Phi) is 24.7. The number of ether oxygens (including phenoxy) is 2. The normalized spacial score (nSPS) is 13.7. The Hall–Kier alpha value is -5.28. The number of unbranched alkanes of at least 4 members (excludes halogenated alkanes) is 6. The van der Waals surface area contributed by atoms with E-state index in [0.29, 0.717) is 24.3 Å². The third-order valence-corrected chi connectivity index (χ3v) is 17.8. The number of hydrogen-bond donors (Lipinski definition) is 3. The molecule has 0 radical (unpaired) electrons. The highest BCUT2D eigenvalue weighted by Crippen LogP contribution is 2.43. The van der Waals surface area contributed by atoms with Crippen LogP contribution in [-0.4, -0.2) is 65.4 Å². The molecule has 8 heteroatoms. The Balaban J connectivity index is 0.000000304. The fraction of sp³-hybridized carbons (Fsp3) is 0.556. The van der Waals surface area contributed by atoms with Crippen LogP contribution in [0.15, 0.2) is 97.1 Å². The molecule has 438 valence electrons. The molecule has 0 aromatic heterocycles. The van der Waals surface area contributed by atoms with Crippen LogP contribution in [0.3, 0.4) is 0 Å². The topological polar surface area (TPSA) is 122 Å². The molecule has 1 heterocycles. The molecular formula is C72H104N2O6. The van der Waals surface area contributed by atoms with Gasteiger partial charge in [-0.25, -0.2) is 0 Å². The minimum Gasteiger partial charge on any atom is -0.493 e. The van der Waals surface area contributed by atoms with E-state index in [1.807, 2.05) is 0 Å². The van der Waals surface area contributed by atoms with Crippen LogP contribution in [0.5, 0.6) is 11.5 Å². The zero-order chi connectivity index (χ0) is 58.8. The molecule has 0 aliphatic carbocycles. The molecule has 8 nitrogen and oxygen atoms in total. The van der Waals surface area contributed by atoms with Crippen molar-refractivity contribution in [2.24, 2.45) is 16.6 Å². The molecule has 80 heavy (non-hydrogen) atoms. The van der Waals surface area contributed by atoms with Crippen LogP contribution in [0.1, 0.15) is 235 Å². The summed E-state index contributed by atoms with van der Waals surface area (Å²) in [5, 5.41) is 21.0. The first-order chi connectivity index (χ1) is 38.0. The van der Waals surface area contributed by atoms with Crippen molar-refractivity contribution in [1.82, 2.24) is 4.90 Å². The molecule has 6 rings (SSSR count). The minimum atomic E-state index is -0.316. The number of hydrogen-bond acceptors (Lipinski definition) is 7. The lowest BCUT2D eigenvalue weighted by Gasteiger charge is -2.34. The van der Waals surface area contributed by atoms with E-state index in [-0.39, 0.29) is 45.7 Å². The summed E-state index contributed by atoms with van der Waals surface area (Å²) in [4.78, 5) is 26.5. The van der Waals surface area contributed by atoms with Crippen molar-refractivity contribution in [2.45, 2.75) is 223 Å². The number of carbonyl (C=O) groups is 2. The fourth-order valence-corrected chi connectivity index (χ4v) is 11.8. The Labute approximate surface area is 484 Å². The van der Waals surface area contributed by atoms with Gasteiger partial charge < -0.3 is 25.4 Å². The number of benzene rings is 5. The van der Waals surface area contributed by atoms with E-state index >= 15 is 0 Å². The minimum absolute atomic E-state index is 0.0142. The van der Waals surface area contributed by atoms with E-state index in [1.54, 1.807) is 24.3 Å². The summed E-state index contributed by atoms with van der Waals surface area (Å²) in [5.74, 6) is 1.58. The highest BCUT2D eigenvalue weighted by Gasteiger charge is 2.36. The molecule has 0 saturated heterocycles. The Bertz CT molecular complexity index is 2720. The molecule has 5 aromatic rings. The van der Waals surface area contributed by atoms with Crippen LogP contribution >= 0.6 is 0 Å². The molecule has 0 spiro atoms. The quantitative estimate of drug-likeness (QED) is 0.0322. The number of fused-ring (bicyclic) bond motifs is 1. The second kappa shape index (κ2) is 30.1. The van der Waals surface area contributed by atoms with Gasteiger partial charge >= 0.3 is 0 Å². The summed E-state index contributed by atoms with van der Waals surface area (Å²) in [7, 11) is 0. The van der Waals surface area contributed by atoms with Gasteiger partial charge in [0.25, 0.3) is 11.8 Å². The number of aliphatic hydroxyl groups excluding tert-OH is 2. The van der Waals surface area contributed by atoms with Crippen LogP contribution in [-0.2, 0) is 23.7 Å². The number of imide groups is 1. The SMILES string of the molecule is CCC(CC)(c1ccc(CCC(O)C(C)(C)C)c(C)c1)c1ccc(OCCCCCCN)c(C)c1.CCC(CC)(c1ccc(CCC(O)C(C)(C)C)c(C)c1)c1ccc(OCCCCCCN2C(=O)c3ccccc3C2=O)c(C)c1. The molecular weight excluding hydrogens is 989 g/mol. The zero-order valence-corrected chi connectivity index (χ0v) is 52.1. The van der Waals surface area contributed by atoms with Gasteiger partial charge in [-0.05, 0) is 202 Å². The van der Waals surface area contributed by atoms with Crippen molar-refractivity contribution in [1.29, 1.82) is 0 Å². The number of aryl methyl sites for hydroxylation is 6. The molecule has 1 aliphatic rings. The predicted molar refractivity (Wildman–Crippen MR) is 334 cm³/mol. The van der Waals surface area contributed by atoms with E-state index in [1.165, 1.54) is 67.8 Å². The van der Waals surface area contributed by atoms with Gasteiger partial charge in [-0.2, -0.15) is 0 Å². The molecule has 2 atom stereocenters. The molecule has 1 aliphatic heterocycles. The highest BCUT2D eigenvalue weighted by atomic mass is 16.5. The molecule has 4 N–H and O–H groups in total. The first-order valence-electron chi connectivity index (χ1n) is 30.7. The van der Waals surface area contributed by atoms with E-state index in [9.17, 15) is 19.8 Å². The first kappa shape index (κ1) is 65.5. The van der Waals surface area contributed by atoms with Crippen molar-refractivity contribution in [2.75, 3.05) is 26.3 Å². The standard InChI is InChI=1S/C40H53NO4.C32H51NO2/c1-8-40(9-2,31-20-18-30(28(3)26-31)19-23-36(42)39(5,6)7)32-21-22-35(29(4)27-32)45-25-15-11-10-14-24-41-37(43)33-16-12-13-17-34(33)38(41)44;1-8-32(9-2,27-16-14-26(24(3)22-27)15-19-30(34)31(5,6)7)28-17-18-29(25(4)23-28)35-21-13-11-10-12-20-33/h12-13,16-18,20-22,26-27,36,42H,8-11,14-15,19,23-25H2,1-7H3;14,16-18,22-23,30,34H,8-13,15,19-21,33H2,1-7H3. The lowest BCUT2D eigenvalue weighted by atomic mass is 9.69. The van der Waals surface area contributed by atoms with Gasteiger partial charge in [0, 0.05) is 17.4 Å². The van der Waals surface area contributed by atoms with Gasteiger partial charge in [-0.15, -0.1) is 0 Å². The van der Waals surface area contributed by atoms with Crippen molar-refractivity contribution < 1.29 is 29.3 Å². The van der Waals surface area contributed by atoms with Crippen molar-refractivity contribution >= 4 is 11.8 Å². The van der Waals surface area contributed by atoms with E-state index in [0.717, 1.165) is 120 Å². The average Bonchev–Trinajstić information content (AvgIpc) is 3.81. The molecule has 0 bridgehead atoms. The number of amides is 2. The number of aliphatic hydroxyl groups is 2. The van der Waals surface area contributed by atoms with Crippen molar-refractivity contribution in [3.05, 3.63) is 164 Å². The van der Waals surface area contributed by atoms with Crippen molar-refractivity contribution in [3.8, 4) is 11.5 Å². The van der Waals surface area contributed by atoms with Crippen LogP contribution in [0.25, 0.3) is 0 Å². The monoisotopic (exact) mass is 1090 g/mol. The second-order valence-electron chi connectivity index (χ2n) is 25.3. The van der Waals surface area contributed by atoms with Crippen LogP contribution < -0.4 is 15.2 Å². The van der Waals surface area contributed by atoms with Crippen LogP contribution in [0.2, 0.25) is 0 Å². The number of rotatable bonds is 29. The zero-order valence-electron chi connectivity index (χ0n) is 52.1. The third-order valence-electron chi connectivity index (χ3n) is 17.8.